The Balaban J connectivity index is 0.00000150. The van der Waals surface area contributed by atoms with E-state index in [0.717, 1.165) is 22.4 Å². The molecule has 4 aromatic rings. The van der Waals surface area contributed by atoms with Crippen molar-refractivity contribution >= 4 is 39.8 Å². The van der Waals surface area contributed by atoms with Gasteiger partial charge in [0.05, 0.1) is 11.3 Å². The molecule has 0 fully saturated rings. The van der Waals surface area contributed by atoms with Gasteiger partial charge in [-0.15, -0.1) is 34.0 Å². The van der Waals surface area contributed by atoms with Gasteiger partial charge < -0.3 is 15.0 Å². The molecule has 150 valence electrons. The summed E-state index contributed by atoms with van der Waals surface area (Å²) in [6.07, 6.45) is 4.03. The zero-order chi connectivity index (χ0) is 18.5. The van der Waals surface area contributed by atoms with Gasteiger partial charge in [-0.2, -0.15) is 0 Å². The van der Waals surface area contributed by atoms with Crippen LogP contribution < -0.4 is 10.5 Å². The molecule has 2 N–H and O–H groups in total. The fourth-order valence-electron chi connectivity index (χ4n) is 2.70. The number of ether oxygens (including phenoxy) is 1. The molecule has 0 radical (unpaired) electrons. The largest absolute Gasteiger partial charge is 0.473 e. The summed E-state index contributed by atoms with van der Waals surface area (Å²) in [7, 11) is 0. The zero-order valence-electron chi connectivity index (χ0n) is 15.4. The van der Waals surface area contributed by atoms with E-state index in [1.165, 1.54) is 0 Å². The van der Waals surface area contributed by atoms with E-state index in [-0.39, 0.29) is 34.0 Å². The molecule has 0 aliphatic heterocycles. The lowest BCUT2D eigenvalue weighted by atomic mass is 10.1. The Kier molecular flexibility index (Phi) is 8.35. The van der Waals surface area contributed by atoms with Gasteiger partial charge in [0.25, 0.3) is 0 Å². The number of rotatable bonds is 6. The summed E-state index contributed by atoms with van der Waals surface area (Å²) in [5.41, 5.74) is 9.69. The van der Waals surface area contributed by atoms with Crippen molar-refractivity contribution < 1.29 is 9.26 Å². The van der Waals surface area contributed by atoms with Gasteiger partial charge in [-0.05, 0) is 29.3 Å². The standard InChI is InChI=1S/C21H18N4O2.2BrH/c22-21-18(4-3-11-24-21)19-13-17(25-27-19)12-15-6-8-16(9-7-15)14-26-20-5-1-2-10-23-20;;/h1-11,13H,12,14H2,(H2,22,24);2*1H. The van der Waals surface area contributed by atoms with E-state index in [4.69, 9.17) is 15.0 Å². The van der Waals surface area contributed by atoms with Crippen LogP contribution in [0.15, 0.2) is 77.6 Å². The van der Waals surface area contributed by atoms with Gasteiger partial charge in [0.2, 0.25) is 5.88 Å². The summed E-state index contributed by atoms with van der Waals surface area (Å²) >= 11 is 0. The minimum atomic E-state index is 0. The first-order chi connectivity index (χ1) is 13.3. The maximum Gasteiger partial charge on any atom is 0.213 e. The number of nitrogens with two attached hydrogens (primary N) is 1. The van der Waals surface area contributed by atoms with Crippen LogP contribution >= 0.6 is 34.0 Å². The van der Waals surface area contributed by atoms with Crippen LogP contribution in [0.4, 0.5) is 5.82 Å². The molecule has 1 aromatic carbocycles. The van der Waals surface area contributed by atoms with Gasteiger partial charge in [-0.1, -0.05) is 35.5 Å². The highest BCUT2D eigenvalue weighted by Gasteiger charge is 2.10. The van der Waals surface area contributed by atoms with E-state index in [0.29, 0.717) is 30.5 Å². The Labute approximate surface area is 189 Å². The quantitative estimate of drug-likeness (QED) is 0.384. The van der Waals surface area contributed by atoms with E-state index in [1.807, 2.05) is 48.5 Å². The molecule has 29 heavy (non-hydrogen) atoms. The minimum Gasteiger partial charge on any atom is -0.473 e. The van der Waals surface area contributed by atoms with Gasteiger partial charge in [0, 0.05) is 30.9 Å². The predicted octanol–water partition coefficient (Wildman–Crippen LogP) is 5.04. The van der Waals surface area contributed by atoms with Gasteiger partial charge in [-0.3, -0.25) is 0 Å². The summed E-state index contributed by atoms with van der Waals surface area (Å²) in [5.74, 6) is 1.67. The second-order valence-corrected chi connectivity index (χ2v) is 6.07. The summed E-state index contributed by atoms with van der Waals surface area (Å²) in [6, 6.07) is 19.4. The molecule has 0 saturated carbocycles. The van der Waals surface area contributed by atoms with Gasteiger partial charge in [0.15, 0.2) is 5.76 Å². The van der Waals surface area contributed by atoms with Crippen LogP contribution in [0.25, 0.3) is 11.3 Å². The minimum absolute atomic E-state index is 0. The Bertz CT molecular complexity index is 1020. The fourth-order valence-corrected chi connectivity index (χ4v) is 2.70. The van der Waals surface area contributed by atoms with Crippen molar-refractivity contribution in [2.45, 2.75) is 13.0 Å². The van der Waals surface area contributed by atoms with E-state index >= 15 is 0 Å². The predicted molar refractivity (Wildman–Crippen MR) is 123 cm³/mol. The highest BCUT2D eigenvalue weighted by atomic mass is 79.9. The van der Waals surface area contributed by atoms with Gasteiger partial charge in [-0.25, -0.2) is 9.97 Å². The van der Waals surface area contributed by atoms with E-state index in [1.54, 1.807) is 12.4 Å². The summed E-state index contributed by atoms with van der Waals surface area (Å²) in [5, 5.41) is 4.14. The molecular formula is C21H20Br2N4O2. The van der Waals surface area contributed by atoms with Crippen molar-refractivity contribution in [1.82, 2.24) is 15.1 Å². The van der Waals surface area contributed by atoms with Crippen LogP contribution in [0.2, 0.25) is 0 Å². The summed E-state index contributed by atoms with van der Waals surface area (Å²) in [6.45, 7) is 0.478. The second kappa shape index (κ2) is 10.7. The number of halogens is 2. The molecule has 0 atom stereocenters. The first-order valence-electron chi connectivity index (χ1n) is 8.56. The molecule has 0 amide bonds. The number of hydrogen-bond donors (Lipinski definition) is 1. The monoisotopic (exact) mass is 518 g/mol. The molecule has 3 aromatic heterocycles. The van der Waals surface area contributed by atoms with Gasteiger partial charge in [0.1, 0.15) is 12.4 Å². The average molecular weight is 520 g/mol. The van der Waals surface area contributed by atoms with Crippen molar-refractivity contribution in [2.24, 2.45) is 0 Å². The molecule has 8 heteroatoms. The number of nitrogens with zero attached hydrogens (tertiary/aromatic N) is 3. The van der Waals surface area contributed by atoms with Gasteiger partial charge >= 0.3 is 0 Å². The Morgan fingerprint density at radius 1 is 0.862 bits per heavy atom. The SMILES string of the molecule is Br.Br.Nc1ncccc1-c1cc(Cc2ccc(COc3ccccn3)cc2)no1. The number of hydrogen-bond acceptors (Lipinski definition) is 6. The number of benzene rings is 1. The van der Waals surface area contributed by atoms with Crippen molar-refractivity contribution in [3.63, 3.8) is 0 Å². The number of nitrogen functional groups attached to an aromatic ring is 1. The Morgan fingerprint density at radius 2 is 1.62 bits per heavy atom. The molecule has 3 heterocycles. The highest BCUT2D eigenvalue weighted by molar-refractivity contribution is 8.93. The molecule has 4 rings (SSSR count). The summed E-state index contributed by atoms with van der Waals surface area (Å²) in [4.78, 5) is 8.22. The fraction of sp³-hybridized carbons (Fsp3) is 0.0952. The normalized spacial score (nSPS) is 9.93. The first-order valence-corrected chi connectivity index (χ1v) is 8.56. The smallest absolute Gasteiger partial charge is 0.213 e. The lowest BCUT2D eigenvalue weighted by Gasteiger charge is -2.05. The van der Waals surface area contributed by atoms with E-state index in [2.05, 4.69) is 27.3 Å². The van der Waals surface area contributed by atoms with Crippen molar-refractivity contribution in [3.8, 4) is 17.2 Å². The van der Waals surface area contributed by atoms with Crippen molar-refractivity contribution in [3.05, 3.63) is 89.9 Å². The first kappa shape index (κ1) is 22.6. The molecule has 0 aliphatic rings. The van der Waals surface area contributed by atoms with Crippen LogP contribution in [0.5, 0.6) is 5.88 Å². The second-order valence-electron chi connectivity index (χ2n) is 6.07. The zero-order valence-corrected chi connectivity index (χ0v) is 18.8. The maximum atomic E-state index is 5.89. The third kappa shape index (κ3) is 5.88. The molecule has 0 saturated heterocycles. The van der Waals surface area contributed by atoms with Crippen LogP contribution in [-0.4, -0.2) is 15.1 Å². The molecule has 0 spiro atoms. The Morgan fingerprint density at radius 3 is 2.34 bits per heavy atom. The van der Waals surface area contributed by atoms with Crippen molar-refractivity contribution in [2.75, 3.05) is 5.73 Å². The molecule has 0 unspecified atom stereocenters. The van der Waals surface area contributed by atoms with E-state index in [9.17, 15) is 0 Å². The van der Waals surface area contributed by atoms with Crippen LogP contribution in [0.3, 0.4) is 0 Å². The third-order valence-corrected chi connectivity index (χ3v) is 4.10. The van der Waals surface area contributed by atoms with Crippen LogP contribution in [0, 0.1) is 0 Å². The van der Waals surface area contributed by atoms with Crippen LogP contribution in [-0.2, 0) is 13.0 Å². The number of anilines is 1. The maximum absolute atomic E-state index is 5.89. The molecular weight excluding hydrogens is 500 g/mol. The average Bonchev–Trinajstić information content (AvgIpc) is 3.17. The number of aromatic nitrogens is 3. The highest BCUT2D eigenvalue weighted by Crippen LogP contribution is 2.25. The molecule has 0 bridgehead atoms. The van der Waals surface area contributed by atoms with E-state index < -0.39 is 0 Å². The molecule has 0 aliphatic carbocycles. The Hall–Kier alpha value is -2.71. The third-order valence-electron chi connectivity index (χ3n) is 4.10. The number of pyridine rings is 2. The van der Waals surface area contributed by atoms with Crippen molar-refractivity contribution in [1.29, 1.82) is 0 Å². The molecule has 6 nitrogen and oxygen atoms in total. The topological polar surface area (TPSA) is 87.1 Å². The lowest BCUT2D eigenvalue weighted by molar-refractivity contribution is 0.294. The van der Waals surface area contributed by atoms with Crippen LogP contribution in [0.1, 0.15) is 16.8 Å². The summed E-state index contributed by atoms with van der Waals surface area (Å²) < 4.78 is 11.1. The lowest BCUT2D eigenvalue weighted by Crippen LogP contribution is -1.97.